The van der Waals surface area contributed by atoms with Crippen LogP contribution in [-0.4, -0.2) is 35.1 Å². The molecule has 1 aliphatic rings. The molecule has 1 aromatic heterocycles. The molecule has 0 unspecified atom stereocenters. The number of benzene rings is 3. The molecule has 0 saturated carbocycles. The standard InChI is InChI=1S/C22H14BN4O4S2/c28-20(26-29)18-11-32-21(25-18)22-24-17-8-6-13(9-19(17)33-22)31-10-12-5-7-16(23-27-30)15-4-2-1-3-14(12)15/h1-9,18H,10-11H2/t18-/m1/s1. The molecule has 0 spiro atoms. The summed E-state index contributed by atoms with van der Waals surface area (Å²) in [6.07, 6.45) is 0. The van der Waals surface area contributed by atoms with Crippen LogP contribution in [0.4, 0.5) is 0 Å². The van der Waals surface area contributed by atoms with Crippen LogP contribution in [0.25, 0.3) is 21.0 Å². The lowest BCUT2D eigenvalue weighted by molar-refractivity contribution is -0.118. The first-order valence-electron chi connectivity index (χ1n) is 9.94. The number of hydrogen-bond donors (Lipinski definition) is 0. The normalized spacial score (nSPS) is 15.4. The lowest BCUT2D eigenvalue weighted by Crippen LogP contribution is -2.15. The fourth-order valence-electron chi connectivity index (χ4n) is 3.61. The lowest BCUT2D eigenvalue weighted by Gasteiger charge is -2.11. The molecule has 1 amide bonds. The van der Waals surface area contributed by atoms with Gasteiger partial charge in [-0.2, -0.15) is 4.91 Å². The first-order chi connectivity index (χ1) is 16.2. The van der Waals surface area contributed by atoms with Gasteiger partial charge in [0.2, 0.25) is 0 Å². The predicted octanol–water partition coefficient (Wildman–Crippen LogP) is 4.19. The van der Waals surface area contributed by atoms with Crippen LogP contribution in [0.5, 0.6) is 5.75 Å². The molecule has 0 fully saturated rings. The maximum Gasteiger partial charge on any atom is 0.374 e. The first kappa shape index (κ1) is 21.4. The van der Waals surface area contributed by atoms with Gasteiger partial charge >= 0.3 is 13.3 Å². The van der Waals surface area contributed by atoms with Crippen molar-refractivity contribution in [2.75, 3.05) is 5.75 Å². The summed E-state index contributed by atoms with van der Waals surface area (Å²) in [6, 6.07) is 16.5. The summed E-state index contributed by atoms with van der Waals surface area (Å²) in [4.78, 5) is 41.5. The number of rotatable bonds is 7. The third-order valence-corrected chi connectivity index (χ3v) is 7.41. The molecular formula is C22H14BN4O4S2. The van der Waals surface area contributed by atoms with Crippen molar-refractivity contribution >= 4 is 67.9 Å². The number of carbonyl (C=O) groups excluding carboxylic acids is 1. The maximum atomic E-state index is 11.5. The average Bonchev–Trinajstić information content (AvgIpc) is 3.50. The van der Waals surface area contributed by atoms with E-state index in [4.69, 9.17) is 4.74 Å². The van der Waals surface area contributed by atoms with Gasteiger partial charge in [0.1, 0.15) is 28.4 Å². The van der Waals surface area contributed by atoms with Gasteiger partial charge in [-0.25, -0.2) is 4.98 Å². The monoisotopic (exact) mass is 473 g/mol. The minimum absolute atomic E-state index is 0.359. The van der Waals surface area contributed by atoms with Crippen molar-refractivity contribution in [1.29, 1.82) is 0 Å². The van der Waals surface area contributed by atoms with Gasteiger partial charge < -0.3 is 4.74 Å². The van der Waals surface area contributed by atoms with Crippen molar-refractivity contribution in [3.63, 3.8) is 0 Å². The van der Waals surface area contributed by atoms with Crippen molar-refractivity contribution in [3.8, 4) is 5.75 Å². The molecule has 1 aliphatic heterocycles. The van der Waals surface area contributed by atoms with Gasteiger partial charge in [-0.3, -0.25) is 9.79 Å². The fraction of sp³-hybridized carbons (Fsp3) is 0.136. The van der Waals surface area contributed by atoms with E-state index in [1.54, 1.807) is 0 Å². The minimum atomic E-state index is -0.754. The molecule has 161 valence electrons. The molecule has 1 atom stereocenters. The topological polar surface area (TPSA) is 110 Å². The van der Waals surface area contributed by atoms with Gasteiger partial charge in [0.25, 0.3) is 0 Å². The summed E-state index contributed by atoms with van der Waals surface area (Å²) >= 11 is 2.85. The van der Waals surface area contributed by atoms with E-state index in [0.29, 0.717) is 28.2 Å². The third kappa shape index (κ3) is 4.29. The van der Waals surface area contributed by atoms with E-state index in [0.717, 1.165) is 32.0 Å². The van der Waals surface area contributed by atoms with Crippen LogP contribution in [0.2, 0.25) is 0 Å². The van der Waals surface area contributed by atoms with E-state index in [1.807, 2.05) is 54.6 Å². The Bertz CT molecular complexity index is 1440. The highest BCUT2D eigenvalue weighted by Gasteiger charge is 2.28. The summed E-state index contributed by atoms with van der Waals surface area (Å²) in [5.74, 6) is 0.346. The van der Waals surface area contributed by atoms with Gasteiger partial charge in [-0.05, 0) is 40.0 Å². The van der Waals surface area contributed by atoms with Crippen molar-refractivity contribution in [2.24, 2.45) is 15.3 Å². The van der Waals surface area contributed by atoms with Gasteiger partial charge in [0.05, 0.1) is 10.2 Å². The molecule has 2 heterocycles. The smallest absolute Gasteiger partial charge is 0.374 e. The Morgan fingerprint density at radius 1 is 1.12 bits per heavy atom. The number of carbonyl (C=O) groups is 1. The Morgan fingerprint density at radius 3 is 2.79 bits per heavy atom. The summed E-state index contributed by atoms with van der Waals surface area (Å²) < 4.78 is 6.99. The van der Waals surface area contributed by atoms with E-state index < -0.39 is 11.9 Å². The number of thiazole rings is 1. The van der Waals surface area contributed by atoms with E-state index in [9.17, 15) is 14.6 Å². The quantitative estimate of drug-likeness (QED) is 0.294. The Balaban J connectivity index is 1.37. The van der Waals surface area contributed by atoms with Crippen LogP contribution in [0.15, 0.2) is 69.9 Å². The summed E-state index contributed by atoms with van der Waals surface area (Å²) in [5, 5.41) is 8.66. The number of ether oxygens (including phenoxy) is 1. The molecule has 8 nitrogen and oxygen atoms in total. The summed E-state index contributed by atoms with van der Waals surface area (Å²) in [7, 11) is 1.31. The molecule has 0 bridgehead atoms. The molecule has 0 N–H and O–H groups in total. The highest BCUT2D eigenvalue weighted by Crippen LogP contribution is 2.32. The first-order valence-corrected chi connectivity index (χ1v) is 11.7. The number of aliphatic imine (C=N–C) groups is 1. The molecule has 33 heavy (non-hydrogen) atoms. The predicted molar refractivity (Wildman–Crippen MR) is 133 cm³/mol. The number of aromatic nitrogens is 1. The molecule has 4 aromatic rings. The van der Waals surface area contributed by atoms with Crippen LogP contribution in [0, 0.1) is 9.81 Å². The second-order valence-corrected chi connectivity index (χ2v) is 9.26. The van der Waals surface area contributed by atoms with E-state index in [-0.39, 0.29) is 0 Å². The van der Waals surface area contributed by atoms with Crippen LogP contribution in [-0.2, 0) is 11.4 Å². The number of hydrogen-bond acceptors (Lipinski definition) is 9. The average molecular weight is 473 g/mol. The van der Waals surface area contributed by atoms with Crippen molar-refractivity contribution in [3.05, 3.63) is 75.0 Å². The highest BCUT2D eigenvalue weighted by atomic mass is 32.2. The second kappa shape index (κ2) is 9.20. The molecule has 0 aliphatic carbocycles. The van der Waals surface area contributed by atoms with Gasteiger partial charge in [0.15, 0.2) is 0 Å². The van der Waals surface area contributed by atoms with Crippen LogP contribution in [0.3, 0.4) is 0 Å². The number of nitroso groups, excluding NO2 is 2. The second-order valence-electron chi connectivity index (χ2n) is 7.22. The van der Waals surface area contributed by atoms with Crippen LogP contribution >= 0.6 is 23.1 Å². The molecule has 0 saturated heterocycles. The van der Waals surface area contributed by atoms with Gasteiger partial charge in [-0.15, -0.1) is 33.1 Å². The zero-order valence-electron chi connectivity index (χ0n) is 17.0. The number of thioether (sulfide) groups is 1. The summed E-state index contributed by atoms with van der Waals surface area (Å²) in [5.41, 5.74) is 2.57. The number of fused-ring (bicyclic) bond motifs is 2. The number of nitrogens with zero attached hydrogens (tertiary/aromatic N) is 4. The largest absolute Gasteiger partial charge is 0.489 e. The third-order valence-electron chi connectivity index (χ3n) is 5.20. The van der Waals surface area contributed by atoms with E-state index >= 15 is 0 Å². The zero-order chi connectivity index (χ0) is 22.8. The Hall–Kier alpha value is -3.44. The lowest BCUT2D eigenvalue weighted by atomic mass is 9.80. The van der Waals surface area contributed by atoms with Gasteiger partial charge in [0, 0.05) is 10.9 Å². The van der Waals surface area contributed by atoms with E-state index in [1.165, 1.54) is 30.5 Å². The van der Waals surface area contributed by atoms with E-state index in [2.05, 4.69) is 20.2 Å². The fourth-order valence-corrected chi connectivity index (χ4v) is 5.70. The maximum absolute atomic E-state index is 11.5. The molecule has 1 radical (unpaired) electrons. The van der Waals surface area contributed by atoms with Crippen LogP contribution < -0.4 is 10.2 Å². The highest BCUT2D eigenvalue weighted by molar-refractivity contribution is 8.15. The molecule has 5 rings (SSSR count). The number of amides is 1. The van der Waals surface area contributed by atoms with Crippen molar-refractivity contribution in [1.82, 2.24) is 4.98 Å². The van der Waals surface area contributed by atoms with Crippen molar-refractivity contribution < 1.29 is 9.53 Å². The Kier molecular flexibility index (Phi) is 5.97. The Labute approximate surface area is 196 Å². The van der Waals surface area contributed by atoms with Gasteiger partial charge in [-0.1, -0.05) is 36.4 Å². The van der Waals surface area contributed by atoms with Crippen molar-refractivity contribution in [2.45, 2.75) is 12.6 Å². The Morgan fingerprint density at radius 2 is 1.97 bits per heavy atom. The van der Waals surface area contributed by atoms with Crippen LogP contribution in [0.1, 0.15) is 10.6 Å². The molecule has 11 heteroatoms. The molecule has 3 aromatic carbocycles. The summed E-state index contributed by atoms with van der Waals surface area (Å²) in [6.45, 7) is 0.359. The zero-order valence-corrected chi connectivity index (χ0v) is 18.6. The minimum Gasteiger partial charge on any atom is -0.489 e. The SMILES string of the molecule is O=N[B]c1ccc(COc2ccc3nc(C4=N[C@@H](C(=O)N=O)CS4)sc3c2)c2ccccc12. The molecular weight excluding hydrogens is 459 g/mol.